The Labute approximate surface area is 209 Å². The number of nitrogens with one attached hydrogen (secondary N) is 1. The summed E-state index contributed by atoms with van der Waals surface area (Å²) in [5.41, 5.74) is 10.2. The van der Waals surface area contributed by atoms with E-state index in [4.69, 9.17) is 21.1 Å². The van der Waals surface area contributed by atoms with Crippen LogP contribution in [0.2, 0.25) is 0 Å². The SMILES string of the molecule is C/C=C\C=C(/C)C(=NC(C)N=C(C(=N)C1C=CC=CC1)C1=CCCC=C1)N=C(N)c1ccccc1. The van der Waals surface area contributed by atoms with Crippen LogP contribution in [-0.2, 0) is 0 Å². The monoisotopic (exact) mass is 465 g/mol. The van der Waals surface area contributed by atoms with Gasteiger partial charge in [-0.2, -0.15) is 0 Å². The van der Waals surface area contributed by atoms with Crippen molar-refractivity contribution in [1.29, 1.82) is 5.41 Å². The highest BCUT2D eigenvalue weighted by molar-refractivity contribution is 6.49. The van der Waals surface area contributed by atoms with E-state index in [1.165, 1.54) is 0 Å². The molecule has 0 saturated carbocycles. The Morgan fingerprint density at radius 2 is 1.91 bits per heavy atom. The molecule has 0 saturated heterocycles. The molecule has 3 rings (SSSR count). The minimum atomic E-state index is -0.444. The summed E-state index contributed by atoms with van der Waals surface area (Å²) < 4.78 is 0. The Kier molecular flexibility index (Phi) is 9.67. The van der Waals surface area contributed by atoms with Crippen molar-refractivity contribution in [3.8, 4) is 0 Å². The van der Waals surface area contributed by atoms with E-state index in [0.717, 1.165) is 36.0 Å². The molecule has 0 aliphatic heterocycles. The molecule has 1 aromatic carbocycles. The van der Waals surface area contributed by atoms with Crippen LogP contribution in [0.15, 0.2) is 117 Å². The zero-order valence-electron chi connectivity index (χ0n) is 20.9. The van der Waals surface area contributed by atoms with Crippen molar-refractivity contribution in [2.24, 2.45) is 26.6 Å². The molecule has 1 aromatic rings. The van der Waals surface area contributed by atoms with Crippen molar-refractivity contribution < 1.29 is 0 Å². The van der Waals surface area contributed by atoms with E-state index in [9.17, 15) is 0 Å². The summed E-state index contributed by atoms with van der Waals surface area (Å²) in [6.07, 6.45) is 22.8. The first-order valence-electron chi connectivity index (χ1n) is 12.1. The molecule has 35 heavy (non-hydrogen) atoms. The standard InChI is InChI=1S/C30H35N5/c1-4-5-15-22(2)30(35-29(32)26-20-13-8-14-21-26)34-23(3)33-28(25-18-11-7-12-19-25)27(31)24-16-9-6-10-17-24/h4-6,8-11,13-16,18-21,23-24,31H,7,12,17H2,1-3H3,(H2,32,34,35)/b5-4-,22-15+,31-27?,33-28?. The van der Waals surface area contributed by atoms with E-state index < -0.39 is 6.17 Å². The fourth-order valence-electron chi connectivity index (χ4n) is 3.77. The molecule has 5 heteroatoms. The highest BCUT2D eigenvalue weighted by Gasteiger charge is 2.21. The molecule has 3 N–H and O–H groups in total. The Balaban J connectivity index is 2.00. The quantitative estimate of drug-likeness (QED) is 0.255. The van der Waals surface area contributed by atoms with Gasteiger partial charge in [0.1, 0.15) is 12.0 Å². The average molecular weight is 466 g/mol. The summed E-state index contributed by atoms with van der Waals surface area (Å²) in [5, 5.41) is 8.95. The number of aliphatic imine (C=N–C) groups is 3. The van der Waals surface area contributed by atoms with Gasteiger partial charge in [0.15, 0.2) is 5.84 Å². The van der Waals surface area contributed by atoms with Crippen LogP contribution in [0.4, 0.5) is 0 Å². The van der Waals surface area contributed by atoms with Gasteiger partial charge < -0.3 is 11.1 Å². The van der Waals surface area contributed by atoms with E-state index >= 15 is 0 Å². The van der Waals surface area contributed by atoms with E-state index in [1.807, 2.05) is 81.5 Å². The summed E-state index contributed by atoms with van der Waals surface area (Å²) in [5.74, 6) is 0.938. The van der Waals surface area contributed by atoms with Crippen LogP contribution in [0, 0.1) is 11.3 Å². The Bertz CT molecular complexity index is 1170. The molecule has 0 bridgehead atoms. The van der Waals surface area contributed by atoms with Crippen LogP contribution in [0.3, 0.4) is 0 Å². The molecule has 0 heterocycles. The lowest BCUT2D eigenvalue weighted by Gasteiger charge is -2.19. The largest absolute Gasteiger partial charge is 0.383 e. The smallest absolute Gasteiger partial charge is 0.154 e. The first-order chi connectivity index (χ1) is 17.0. The molecular weight excluding hydrogens is 430 g/mol. The number of hydrogen-bond acceptors (Lipinski definition) is 3. The Hall–Kier alpha value is -3.86. The predicted octanol–water partition coefficient (Wildman–Crippen LogP) is 6.53. The van der Waals surface area contributed by atoms with Gasteiger partial charge in [0.2, 0.25) is 0 Å². The molecule has 0 amide bonds. The molecule has 180 valence electrons. The minimum Gasteiger partial charge on any atom is -0.383 e. The second-order valence-electron chi connectivity index (χ2n) is 8.51. The molecule has 0 radical (unpaired) electrons. The predicted molar refractivity (Wildman–Crippen MR) is 151 cm³/mol. The number of hydrogen-bond donors (Lipinski definition) is 2. The van der Waals surface area contributed by atoms with E-state index in [0.29, 0.717) is 23.1 Å². The van der Waals surface area contributed by atoms with Crippen molar-refractivity contribution >= 4 is 23.1 Å². The summed E-state index contributed by atoms with van der Waals surface area (Å²) in [7, 11) is 0. The number of benzene rings is 1. The fourth-order valence-corrected chi connectivity index (χ4v) is 3.77. The van der Waals surface area contributed by atoms with Crippen molar-refractivity contribution in [2.75, 3.05) is 0 Å². The van der Waals surface area contributed by atoms with Gasteiger partial charge in [-0.1, -0.05) is 91.1 Å². The van der Waals surface area contributed by atoms with Gasteiger partial charge in [0.25, 0.3) is 0 Å². The summed E-state index contributed by atoms with van der Waals surface area (Å²) >= 11 is 0. The molecule has 0 spiro atoms. The van der Waals surface area contributed by atoms with Gasteiger partial charge in [-0.25, -0.2) is 9.98 Å². The van der Waals surface area contributed by atoms with Crippen molar-refractivity contribution in [3.05, 3.63) is 108 Å². The molecule has 2 unspecified atom stereocenters. The maximum atomic E-state index is 8.95. The molecular formula is C30H35N5. The molecule has 0 aromatic heterocycles. The van der Waals surface area contributed by atoms with E-state index in [-0.39, 0.29) is 5.92 Å². The van der Waals surface area contributed by atoms with E-state index in [1.54, 1.807) is 0 Å². The third-order valence-corrected chi connectivity index (χ3v) is 5.69. The molecule has 5 nitrogen and oxygen atoms in total. The van der Waals surface area contributed by atoms with Crippen LogP contribution < -0.4 is 5.73 Å². The lowest BCUT2D eigenvalue weighted by molar-refractivity contribution is 0.791. The second-order valence-corrected chi connectivity index (χ2v) is 8.51. The zero-order chi connectivity index (χ0) is 25.0. The van der Waals surface area contributed by atoms with E-state index in [2.05, 4.69) is 35.4 Å². The van der Waals surface area contributed by atoms with Crippen LogP contribution in [0.25, 0.3) is 0 Å². The fraction of sp³-hybridized carbons (Fsp3) is 0.267. The van der Waals surface area contributed by atoms with Crippen molar-refractivity contribution in [1.82, 2.24) is 0 Å². The topological polar surface area (TPSA) is 87.0 Å². The molecule has 2 aliphatic rings. The summed E-state index contributed by atoms with van der Waals surface area (Å²) in [4.78, 5) is 14.4. The van der Waals surface area contributed by atoms with Crippen molar-refractivity contribution in [2.45, 2.75) is 46.2 Å². The Morgan fingerprint density at radius 3 is 2.57 bits per heavy atom. The molecule has 2 aliphatic carbocycles. The number of nitrogens with two attached hydrogens (primary N) is 1. The summed E-state index contributed by atoms with van der Waals surface area (Å²) in [6, 6.07) is 9.67. The van der Waals surface area contributed by atoms with Crippen molar-refractivity contribution in [3.63, 3.8) is 0 Å². The lowest BCUT2D eigenvalue weighted by Crippen LogP contribution is -2.25. The highest BCUT2D eigenvalue weighted by atomic mass is 15.1. The number of rotatable bonds is 8. The van der Waals surface area contributed by atoms with Crippen LogP contribution in [-0.4, -0.2) is 29.3 Å². The Morgan fingerprint density at radius 1 is 1.11 bits per heavy atom. The first kappa shape index (κ1) is 25.8. The minimum absolute atomic E-state index is 0.00805. The normalized spacial score (nSPS) is 20.3. The van der Waals surface area contributed by atoms with Gasteiger partial charge in [0.05, 0.1) is 11.4 Å². The van der Waals surface area contributed by atoms with Gasteiger partial charge in [-0.05, 0) is 51.2 Å². The van der Waals surface area contributed by atoms with Gasteiger partial charge >= 0.3 is 0 Å². The third kappa shape index (κ3) is 7.57. The van der Waals surface area contributed by atoms with Gasteiger partial charge in [0, 0.05) is 11.5 Å². The number of nitrogens with zero attached hydrogens (tertiary/aromatic N) is 3. The highest BCUT2D eigenvalue weighted by Crippen LogP contribution is 2.20. The van der Waals surface area contributed by atoms with Crippen LogP contribution in [0.1, 0.15) is 45.6 Å². The second kappa shape index (κ2) is 13.1. The first-order valence-corrected chi connectivity index (χ1v) is 12.1. The molecule has 2 atom stereocenters. The zero-order valence-corrected chi connectivity index (χ0v) is 20.9. The maximum Gasteiger partial charge on any atom is 0.154 e. The number of allylic oxidation sites excluding steroid dienone is 11. The van der Waals surface area contributed by atoms with Gasteiger partial charge in [-0.3, -0.25) is 4.99 Å². The van der Waals surface area contributed by atoms with Crippen LogP contribution >= 0.6 is 0 Å². The van der Waals surface area contributed by atoms with Gasteiger partial charge in [-0.15, -0.1) is 0 Å². The van der Waals surface area contributed by atoms with Crippen LogP contribution in [0.5, 0.6) is 0 Å². The lowest BCUT2D eigenvalue weighted by atomic mass is 9.88. The molecule has 0 fully saturated rings. The average Bonchev–Trinajstić information content (AvgIpc) is 2.91. The summed E-state index contributed by atoms with van der Waals surface area (Å²) in [6.45, 7) is 5.85. The number of amidine groups is 2. The third-order valence-electron chi connectivity index (χ3n) is 5.69. The maximum absolute atomic E-state index is 8.95.